The number of benzene rings is 1. The average molecular weight is 260 g/mol. The van der Waals surface area contributed by atoms with Gasteiger partial charge in [0.05, 0.1) is 6.10 Å². The lowest BCUT2D eigenvalue weighted by Gasteiger charge is -2.14. The summed E-state index contributed by atoms with van der Waals surface area (Å²) in [5.41, 5.74) is 1.57. The third kappa shape index (κ3) is 3.35. The number of nitrogens with one attached hydrogen (secondary N) is 2. The smallest absolute Gasteiger partial charge is 0.252 e. The second kappa shape index (κ2) is 5.89. The van der Waals surface area contributed by atoms with Gasteiger partial charge >= 0.3 is 0 Å². The third-order valence-corrected chi connectivity index (χ3v) is 3.08. The van der Waals surface area contributed by atoms with Gasteiger partial charge in [0.25, 0.3) is 5.91 Å². The van der Waals surface area contributed by atoms with Crippen LogP contribution in [0.5, 0.6) is 0 Å². The maximum absolute atomic E-state index is 12.1. The number of aliphatic hydroxyl groups excluding tert-OH is 1. The summed E-state index contributed by atoms with van der Waals surface area (Å²) in [5.74, 6) is 0.271. The van der Waals surface area contributed by atoms with Gasteiger partial charge in [-0.25, -0.2) is 0 Å². The van der Waals surface area contributed by atoms with Crippen LogP contribution in [0.15, 0.2) is 30.5 Å². The normalized spacial score (nSPS) is 12.8. The van der Waals surface area contributed by atoms with E-state index in [1.54, 1.807) is 6.07 Å². The highest BCUT2D eigenvalue weighted by molar-refractivity contribution is 6.06. The zero-order valence-corrected chi connectivity index (χ0v) is 11.3. The second-order valence-corrected chi connectivity index (χ2v) is 5.24. The molecule has 4 heteroatoms. The quantitative estimate of drug-likeness (QED) is 0.772. The number of hydrogen-bond donors (Lipinski definition) is 3. The Kier molecular flexibility index (Phi) is 4.22. The fraction of sp³-hybridized carbons (Fsp3) is 0.400. The van der Waals surface area contributed by atoms with Crippen molar-refractivity contribution in [1.29, 1.82) is 0 Å². The predicted molar refractivity (Wildman–Crippen MR) is 76.1 cm³/mol. The Hall–Kier alpha value is -1.81. The molecule has 0 radical (unpaired) electrons. The summed E-state index contributed by atoms with van der Waals surface area (Å²) >= 11 is 0. The number of carbonyl (C=O) groups excluding carboxylic acids is 1. The lowest BCUT2D eigenvalue weighted by Crippen LogP contribution is -2.32. The van der Waals surface area contributed by atoms with Crippen molar-refractivity contribution in [3.8, 4) is 0 Å². The molecular formula is C15H20N2O2. The highest BCUT2D eigenvalue weighted by Crippen LogP contribution is 2.17. The summed E-state index contributed by atoms with van der Waals surface area (Å²) in [6, 6.07) is 7.45. The maximum Gasteiger partial charge on any atom is 0.252 e. The number of carbonyl (C=O) groups is 1. The predicted octanol–water partition coefficient (Wildman–Crippen LogP) is 2.30. The van der Waals surface area contributed by atoms with Crippen molar-refractivity contribution in [2.45, 2.75) is 26.4 Å². The van der Waals surface area contributed by atoms with Crippen LogP contribution in [-0.4, -0.2) is 28.6 Å². The molecule has 1 aromatic heterocycles. The molecule has 0 spiro atoms. The molecule has 0 saturated carbocycles. The highest BCUT2D eigenvalue weighted by atomic mass is 16.3. The first kappa shape index (κ1) is 13.6. The minimum atomic E-state index is -0.491. The van der Waals surface area contributed by atoms with E-state index in [-0.39, 0.29) is 12.5 Å². The Morgan fingerprint density at radius 1 is 1.37 bits per heavy atom. The van der Waals surface area contributed by atoms with Crippen molar-refractivity contribution < 1.29 is 9.90 Å². The van der Waals surface area contributed by atoms with Gasteiger partial charge in [-0.05, 0) is 30.5 Å². The number of fused-ring (bicyclic) bond motifs is 1. The molecule has 3 N–H and O–H groups in total. The molecule has 2 rings (SSSR count). The molecule has 1 heterocycles. The molecule has 0 aliphatic rings. The molecule has 2 aromatic rings. The van der Waals surface area contributed by atoms with E-state index in [0.717, 1.165) is 10.9 Å². The van der Waals surface area contributed by atoms with Crippen LogP contribution in [0.3, 0.4) is 0 Å². The molecule has 19 heavy (non-hydrogen) atoms. The monoisotopic (exact) mass is 260 g/mol. The molecule has 1 amide bonds. The van der Waals surface area contributed by atoms with Crippen molar-refractivity contribution in [3.05, 3.63) is 36.0 Å². The van der Waals surface area contributed by atoms with Gasteiger partial charge in [-0.15, -0.1) is 0 Å². The van der Waals surface area contributed by atoms with E-state index < -0.39 is 6.10 Å². The van der Waals surface area contributed by atoms with Gasteiger partial charge in [0, 0.05) is 29.2 Å². The topological polar surface area (TPSA) is 65.1 Å². The fourth-order valence-corrected chi connectivity index (χ4v) is 2.22. The lowest BCUT2D eigenvalue weighted by atomic mass is 10.1. The van der Waals surface area contributed by atoms with Crippen molar-refractivity contribution >= 4 is 16.8 Å². The summed E-state index contributed by atoms with van der Waals surface area (Å²) in [7, 11) is 0. The van der Waals surface area contributed by atoms with Crippen LogP contribution in [0.1, 0.15) is 30.6 Å². The molecule has 0 aliphatic carbocycles. The van der Waals surface area contributed by atoms with Crippen molar-refractivity contribution in [2.75, 3.05) is 6.54 Å². The minimum Gasteiger partial charge on any atom is -0.391 e. The Bertz CT molecular complexity index is 560. The van der Waals surface area contributed by atoms with E-state index in [2.05, 4.69) is 10.3 Å². The molecule has 1 unspecified atom stereocenters. The first-order valence-electron chi connectivity index (χ1n) is 6.60. The van der Waals surface area contributed by atoms with Crippen LogP contribution >= 0.6 is 0 Å². The number of hydrogen-bond acceptors (Lipinski definition) is 2. The molecular weight excluding hydrogens is 240 g/mol. The molecule has 1 atom stereocenters. The number of aliphatic hydroxyl groups is 1. The van der Waals surface area contributed by atoms with Gasteiger partial charge in [0.15, 0.2) is 0 Å². The zero-order valence-electron chi connectivity index (χ0n) is 11.3. The first-order chi connectivity index (χ1) is 9.08. The molecule has 0 fully saturated rings. The summed E-state index contributed by atoms with van der Waals surface area (Å²) < 4.78 is 0. The van der Waals surface area contributed by atoms with Crippen LogP contribution in [0, 0.1) is 5.92 Å². The van der Waals surface area contributed by atoms with Crippen molar-refractivity contribution in [2.24, 2.45) is 5.92 Å². The van der Waals surface area contributed by atoms with Gasteiger partial charge in [0.2, 0.25) is 0 Å². The molecule has 102 valence electrons. The molecule has 0 bridgehead atoms. The molecule has 0 aliphatic heterocycles. The van der Waals surface area contributed by atoms with E-state index in [4.69, 9.17) is 0 Å². The van der Waals surface area contributed by atoms with Gasteiger partial charge in [-0.2, -0.15) is 0 Å². The fourth-order valence-electron chi connectivity index (χ4n) is 2.22. The molecule has 4 nitrogen and oxygen atoms in total. The second-order valence-electron chi connectivity index (χ2n) is 5.24. The van der Waals surface area contributed by atoms with E-state index in [0.29, 0.717) is 17.9 Å². The first-order valence-corrected chi connectivity index (χ1v) is 6.60. The molecule has 0 saturated heterocycles. The van der Waals surface area contributed by atoms with Crippen LogP contribution in [0.4, 0.5) is 0 Å². The van der Waals surface area contributed by atoms with Crippen molar-refractivity contribution in [3.63, 3.8) is 0 Å². The van der Waals surface area contributed by atoms with Gasteiger partial charge < -0.3 is 15.4 Å². The van der Waals surface area contributed by atoms with Crippen LogP contribution < -0.4 is 5.32 Å². The standard InChI is InChI=1S/C15H20N2O2/c1-10(2)8-11(18)9-17-15(19)13-4-3-5-14-12(13)6-7-16-14/h3-7,10-11,16,18H,8-9H2,1-2H3,(H,17,19). The molecule has 1 aromatic carbocycles. The number of amides is 1. The van der Waals surface area contributed by atoms with E-state index in [1.165, 1.54) is 0 Å². The lowest BCUT2D eigenvalue weighted by molar-refractivity contribution is 0.0902. The zero-order chi connectivity index (χ0) is 13.8. The largest absolute Gasteiger partial charge is 0.391 e. The summed E-state index contributed by atoms with van der Waals surface area (Å²) in [6.45, 7) is 4.38. The van der Waals surface area contributed by atoms with Gasteiger partial charge in [-0.3, -0.25) is 4.79 Å². The van der Waals surface area contributed by atoms with Gasteiger partial charge in [0.1, 0.15) is 0 Å². The third-order valence-electron chi connectivity index (χ3n) is 3.08. The highest BCUT2D eigenvalue weighted by Gasteiger charge is 2.12. The average Bonchev–Trinajstić information content (AvgIpc) is 2.83. The number of rotatable bonds is 5. The van der Waals surface area contributed by atoms with Gasteiger partial charge in [-0.1, -0.05) is 19.9 Å². The van der Waals surface area contributed by atoms with Crippen LogP contribution in [0.2, 0.25) is 0 Å². The Morgan fingerprint density at radius 3 is 2.89 bits per heavy atom. The van der Waals surface area contributed by atoms with E-state index in [1.807, 2.05) is 38.2 Å². The maximum atomic E-state index is 12.1. The summed E-state index contributed by atoms with van der Waals surface area (Å²) in [6.07, 6.45) is 2.01. The minimum absolute atomic E-state index is 0.145. The summed E-state index contributed by atoms with van der Waals surface area (Å²) in [5, 5.41) is 13.5. The summed E-state index contributed by atoms with van der Waals surface area (Å²) in [4.78, 5) is 15.2. The number of aromatic amines is 1. The Balaban J connectivity index is 2.02. The van der Waals surface area contributed by atoms with E-state index >= 15 is 0 Å². The van der Waals surface area contributed by atoms with Crippen LogP contribution in [-0.2, 0) is 0 Å². The van der Waals surface area contributed by atoms with Crippen molar-refractivity contribution in [1.82, 2.24) is 10.3 Å². The SMILES string of the molecule is CC(C)CC(O)CNC(=O)c1cccc2[nH]ccc12. The Labute approximate surface area is 112 Å². The van der Waals surface area contributed by atoms with E-state index in [9.17, 15) is 9.90 Å². The van der Waals surface area contributed by atoms with Crippen LogP contribution in [0.25, 0.3) is 10.9 Å². The number of aromatic nitrogens is 1. The number of H-pyrrole nitrogens is 1. The Morgan fingerprint density at radius 2 is 2.16 bits per heavy atom.